The van der Waals surface area contributed by atoms with Crippen molar-refractivity contribution >= 4 is 0 Å². The molecule has 4 rings (SSSR count). The number of hydrogen-bond acceptors (Lipinski definition) is 0. The van der Waals surface area contributed by atoms with E-state index in [1.54, 1.807) is 6.42 Å². The minimum Gasteiger partial charge on any atom is -0.103 e. The van der Waals surface area contributed by atoms with E-state index < -0.39 is 0 Å². The topological polar surface area (TPSA) is 0 Å². The van der Waals surface area contributed by atoms with Crippen molar-refractivity contribution < 1.29 is 0 Å². The molecule has 80 valence electrons. The lowest BCUT2D eigenvalue weighted by molar-refractivity contribution is 0.151. The van der Waals surface area contributed by atoms with Crippen molar-refractivity contribution in [2.24, 2.45) is 41.4 Å². The maximum atomic E-state index is 3.93. The molecule has 7 atom stereocenters. The highest BCUT2D eigenvalue weighted by Crippen LogP contribution is 2.67. The van der Waals surface area contributed by atoms with E-state index in [-0.39, 0.29) is 0 Å². The van der Waals surface area contributed by atoms with Gasteiger partial charge in [-0.1, -0.05) is 18.2 Å². The molecule has 0 saturated heterocycles. The van der Waals surface area contributed by atoms with Gasteiger partial charge in [-0.15, -0.1) is 6.58 Å². The highest BCUT2D eigenvalue weighted by Gasteiger charge is 2.60. The molecule has 0 amide bonds. The summed E-state index contributed by atoms with van der Waals surface area (Å²) in [6, 6.07) is 0. The summed E-state index contributed by atoms with van der Waals surface area (Å²) < 4.78 is 0. The van der Waals surface area contributed by atoms with Crippen molar-refractivity contribution in [1.29, 1.82) is 0 Å². The van der Waals surface area contributed by atoms with Gasteiger partial charge in [0.25, 0.3) is 0 Å². The molecule has 0 aromatic rings. The van der Waals surface area contributed by atoms with Crippen LogP contribution in [0.25, 0.3) is 0 Å². The molecule has 4 bridgehead atoms. The van der Waals surface area contributed by atoms with Crippen molar-refractivity contribution in [1.82, 2.24) is 0 Å². The van der Waals surface area contributed by atoms with Gasteiger partial charge in [-0.3, -0.25) is 0 Å². The van der Waals surface area contributed by atoms with Crippen LogP contribution in [0.2, 0.25) is 0 Å². The van der Waals surface area contributed by atoms with Gasteiger partial charge >= 0.3 is 0 Å². The maximum absolute atomic E-state index is 3.93. The summed E-state index contributed by atoms with van der Waals surface area (Å²) in [7, 11) is 0. The third kappa shape index (κ3) is 0.940. The Morgan fingerprint density at radius 1 is 1.07 bits per heavy atom. The van der Waals surface area contributed by atoms with Gasteiger partial charge in [0, 0.05) is 0 Å². The van der Waals surface area contributed by atoms with Crippen LogP contribution in [0.4, 0.5) is 0 Å². The molecule has 0 spiro atoms. The lowest BCUT2D eigenvalue weighted by atomic mass is 9.69. The Balaban J connectivity index is 1.66. The minimum atomic E-state index is 0.975. The number of rotatable bonds is 2. The van der Waals surface area contributed by atoms with Crippen molar-refractivity contribution in [2.45, 2.75) is 25.7 Å². The Labute approximate surface area is 92.4 Å². The van der Waals surface area contributed by atoms with Crippen LogP contribution in [0.15, 0.2) is 24.8 Å². The zero-order valence-corrected chi connectivity index (χ0v) is 9.31. The van der Waals surface area contributed by atoms with Gasteiger partial charge in [0.2, 0.25) is 0 Å². The van der Waals surface area contributed by atoms with Crippen LogP contribution in [0.3, 0.4) is 0 Å². The van der Waals surface area contributed by atoms with E-state index in [0.717, 1.165) is 41.4 Å². The standard InChI is InChI=1S/C15H20/c1-2-3-9-6-12-8-13(9)15-11-5-4-10(7-11)14(12)15/h2,4-5,9-15H,1,3,6-8H2. The molecule has 7 unspecified atom stereocenters. The Morgan fingerprint density at radius 3 is 2.67 bits per heavy atom. The van der Waals surface area contributed by atoms with Crippen LogP contribution >= 0.6 is 0 Å². The van der Waals surface area contributed by atoms with Gasteiger partial charge < -0.3 is 0 Å². The molecule has 15 heavy (non-hydrogen) atoms. The van der Waals surface area contributed by atoms with E-state index in [1.165, 1.54) is 19.3 Å². The summed E-state index contributed by atoms with van der Waals surface area (Å²) in [5, 5.41) is 0. The monoisotopic (exact) mass is 200 g/mol. The molecule has 0 N–H and O–H groups in total. The first-order valence-electron chi connectivity index (χ1n) is 6.67. The second-order valence-electron chi connectivity index (χ2n) is 6.28. The minimum absolute atomic E-state index is 0.975. The quantitative estimate of drug-likeness (QED) is 0.471. The van der Waals surface area contributed by atoms with E-state index in [0.29, 0.717) is 0 Å². The summed E-state index contributed by atoms with van der Waals surface area (Å²) in [6.45, 7) is 3.93. The zero-order chi connectivity index (χ0) is 9.99. The zero-order valence-electron chi connectivity index (χ0n) is 9.31. The average Bonchev–Trinajstić information content (AvgIpc) is 2.95. The van der Waals surface area contributed by atoms with Crippen LogP contribution in [0.5, 0.6) is 0 Å². The highest BCUT2D eigenvalue weighted by atomic mass is 14.6. The van der Waals surface area contributed by atoms with Crippen molar-refractivity contribution in [3.63, 3.8) is 0 Å². The molecule has 3 fully saturated rings. The normalized spacial score (nSPS) is 58.8. The fraction of sp³-hybridized carbons (Fsp3) is 0.733. The SMILES string of the molecule is C=CCC1CC2CC1C1C3C=CC(C3)C21. The molecule has 3 saturated carbocycles. The summed E-state index contributed by atoms with van der Waals surface area (Å²) in [4.78, 5) is 0. The first-order chi connectivity index (χ1) is 7.38. The molecule has 4 aliphatic rings. The molecule has 0 heterocycles. The second-order valence-corrected chi connectivity index (χ2v) is 6.28. The first-order valence-corrected chi connectivity index (χ1v) is 6.67. The molecule has 0 aromatic carbocycles. The Hall–Kier alpha value is -0.520. The second kappa shape index (κ2) is 2.78. The van der Waals surface area contributed by atoms with E-state index in [9.17, 15) is 0 Å². The molecular formula is C15H20. The number of allylic oxidation sites excluding steroid dienone is 3. The van der Waals surface area contributed by atoms with Crippen LogP contribution < -0.4 is 0 Å². The predicted molar refractivity (Wildman–Crippen MR) is 62.2 cm³/mol. The summed E-state index contributed by atoms with van der Waals surface area (Å²) in [5.74, 6) is 7.31. The van der Waals surface area contributed by atoms with Gasteiger partial charge in [0.15, 0.2) is 0 Å². The smallest absolute Gasteiger partial charge is 0.0194 e. The van der Waals surface area contributed by atoms with E-state index >= 15 is 0 Å². The Morgan fingerprint density at radius 2 is 1.87 bits per heavy atom. The van der Waals surface area contributed by atoms with E-state index in [2.05, 4.69) is 24.8 Å². The van der Waals surface area contributed by atoms with Gasteiger partial charge in [0.1, 0.15) is 0 Å². The third-order valence-corrected chi connectivity index (χ3v) is 5.88. The first kappa shape index (κ1) is 8.61. The van der Waals surface area contributed by atoms with Crippen molar-refractivity contribution in [3.05, 3.63) is 24.8 Å². The lowest BCUT2D eigenvalue weighted by Crippen LogP contribution is -2.30. The largest absolute Gasteiger partial charge is 0.103 e. The number of fused-ring (bicyclic) bond motifs is 9. The predicted octanol–water partition coefficient (Wildman–Crippen LogP) is 3.66. The van der Waals surface area contributed by atoms with Gasteiger partial charge in [-0.05, 0) is 67.1 Å². The van der Waals surface area contributed by atoms with E-state index in [4.69, 9.17) is 0 Å². The van der Waals surface area contributed by atoms with Crippen molar-refractivity contribution in [2.75, 3.05) is 0 Å². The van der Waals surface area contributed by atoms with Gasteiger partial charge in [0.05, 0.1) is 0 Å². The fourth-order valence-corrected chi connectivity index (χ4v) is 5.64. The van der Waals surface area contributed by atoms with Gasteiger partial charge in [-0.25, -0.2) is 0 Å². The van der Waals surface area contributed by atoms with E-state index in [1.807, 2.05) is 0 Å². The van der Waals surface area contributed by atoms with Crippen LogP contribution in [-0.4, -0.2) is 0 Å². The Kier molecular flexibility index (Phi) is 1.60. The van der Waals surface area contributed by atoms with Crippen LogP contribution in [0, 0.1) is 41.4 Å². The Bertz CT molecular complexity index is 327. The molecule has 0 radical (unpaired) electrons. The lowest BCUT2D eigenvalue weighted by Gasteiger charge is -2.36. The number of hydrogen-bond donors (Lipinski definition) is 0. The average molecular weight is 200 g/mol. The fourth-order valence-electron chi connectivity index (χ4n) is 5.64. The molecule has 0 heteroatoms. The van der Waals surface area contributed by atoms with Crippen LogP contribution in [0.1, 0.15) is 25.7 Å². The summed E-state index contributed by atoms with van der Waals surface area (Å²) >= 11 is 0. The van der Waals surface area contributed by atoms with Gasteiger partial charge in [-0.2, -0.15) is 0 Å². The third-order valence-electron chi connectivity index (χ3n) is 5.88. The molecular weight excluding hydrogens is 180 g/mol. The molecule has 0 aromatic heterocycles. The summed E-state index contributed by atoms with van der Waals surface area (Å²) in [5.41, 5.74) is 0. The molecule has 0 nitrogen and oxygen atoms in total. The van der Waals surface area contributed by atoms with Crippen LogP contribution in [-0.2, 0) is 0 Å². The molecule has 4 aliphatic carbocycles. The summed E-state index contributed by atoms with van der Waals surface area (Å²) in [6.07, 6.45) is 13.1. The highest BCUT2D eigenvalue weighted by molar-refractivity contribution is 5.20. The van der Waals surface area contributed by atoms with Crippen molar-refractivity contribution in [3.8, 4) is 0 Å². The molecule has 0 aliphatic heterocycles. The maximum Gasteiger partial charge on any atom is -0.0194 e.